The molecule has 1 atom stereocenters. The summed E-state index contributed by atoms with van der Waals surface area (Å²) in [5.41, 5.74) is 2.71. The van der Waals surface area contributed by atoms with E-state index in [9.17, 15) is 0 Å². The summed E-state index contributed by atoms with van der Waals surface area (Å²) in [6.07, 6.45) is 2.28. The number of hydrogen-bond acceptors (Lipinski definition) is 2. The van der Waals surface area contributed by atoms with Crippen LogP contribution < -0.4 is 10.1 Å². The maximum Gasteiger partial charge on any atom is 0.122 e. The molecule has 1 aromatic carbocycles. The average Bonchev–Trinajstić information content (AvgIpc) is 2.35. The van der Waals surface area contributed by atoms with Gasteiger partial charge < -0.3 is 10.1 Å². The molecule has 0 fully saturated rings. The molecule has 2 nitrogen and oxygen atoms in total. The summed E-state index contributed by atoms with van der Waals surface area (Å²) < 4.78 is 5.40. The Labute approximate surface area is 105 Å². The zero-order valence-electron chi connectivity index (χ0n) is 11.7. The number of ether oxygens (including phenoxy) is 1. The van der Waals surface area contributed by atoms with Crippen molar-refractivity contribution in [2.45, 2.75) is 45.6 Å². The van der Waals surface area contributed by atoms with Gasteiger partial charge in [-0.05, 0) is 49.9 Å². The molecule has 0 spiro atoms. The maximum atomic E-state index is 5.40. The van der Waals surface area contributed by atoms with Crippen molar-refractivity contribution in [3.63, 3.8) is 0 Å². The molecule has 2 heteroatoms. The number of rotatable bonds is 6. The number of methoxy groups -OCH3 is 1. The lowest BCUT2D eigenvalue weighted by Gasteiger charge is -2.15. The van der Waals surface area contributed by atoms with E-state index in [1.165, 1.54) is 17.5 Å². The molecule has 17 heavy (non-hydrogen) atoms. The summed E-state index contributed by atoms with van der Waals surface area (Å²) in [5.74, 6) is 1.51. The summed E-state index contributed by atoms with van der Waals surface area (Å²) in [4.78, 5) is 0. The van der Waals surface area contributed by atoms with E-state index in [4.69, 9.17) is 4.74 Å². The Kier molecular flexibility index (Phi) is 5.49. The second-order valence-corrected chi connectivity index (χ2v) is 4.96. The molecule has 0 heterocycles. The van der Waals surface area contributed by atoms with Gasteiger partial charge in [-0.2, -0.15) is 0 Å². The molecule has 1 rings (SSSR count). The molecule has 1 unspecified atom stereocenters. The van der Waals surface area contributed by atoms with Crippen molar-refractivity contribution in [2.75, 3.05) is 14.2 Å². The predicted octanol–water partition coefficient (Wildman–Crippen LogP) is 3.36. The summed E-state index contributed by atoms with van der Waals surface area (Å²) in [6.45, 7) is 6.63. The number of hydrogen-bond donors (Lipinski definition) is 1. The third-order valence-electron chi connectivity index (χ3n) is 3.27. The lowest BCUT2D eigenvalue weighted by molar-refractivity contribution is 0.407. The first-order valence-electron chi connectivity index (χ1n) is 6.42. The van der Waals surface area contributed by atoms with Crippen LogP contribution in [0, 0.1) is 0 Å². The molecule has 0 aromatic heterocycles. The minimum absolute atomic E-state index is 0.506. The fraction of sp³-hybridized carbons (Fsp3) is 0.600. The van der Waals surface area contributed by atoms with Crippen molar-refractivity contribution in [1.82, 2.24) is 5.32 Å². The van der Waals surface area contributed by atoms with Gasteiger partial charge in [-0.1, -0.05) is 26.0 Å². The molecule has 1 aromatic rings. The van der Waals surface area contributed by atoms with Gasteiger partial charge in [0.25, 0.3) is 0 Å². The van der Waals surface area contributed by atoms with Crippen molar-refractivity contribution in [2.24, 2.45) is 0 Å². The van der Waals surface area contributed by atoms with Crippen LogP contribution in [-0.4, -0.2) is 20.2 Å². The van der Waals surface area contributed by atoms with E-state index in [2.05, 4.69) is 44.3 Å². The van der Waals surface area contributed by atoms with Gasteiger partial charge in [-0.3, -0.25) is 0 Å². The van der Waals surface area contributed by atoms with Crippen molar-refractivity contribution in [1.29, 1.82) is 0 Å². The molecule has 0 saturated heterocycles. The lowest BCUT2D eigenvalue weighted by Crippen LogP contribution is -2.21. The Bertz CT molecular complexity index is 347. The Hall–Kier alpha value is -1.02. The second-order valence-electron chi connectivity index (χ2n) is 4.96. The minimum atomic E-state index is 0.506. The van der Waals surface area contributed by atoms with Gasteiger partial charge in [0.05, 0.1) is 7.11 Å². The average molecular weight is 235 g/mol. The van der Waals surface area contributed by atoms with E-state index in [0.29, 0.717) is 12.0 Å². The Morgan fingerprint density at radius 3 is 2.47 bits per heavy atom. The monoisotopic (exact) mass is 235 g/mol. The van der Waals surface area contributed by atoms with Gasteiger partial charge in [-0.15, -0.1) is 0 Å². The first-order valence-corrected chi connectivity index (χ1v) is 6.42. The van der Waals surface area contributed by atoms with Crippen molar-refractivity contribution < 1.29 is 4.74 Å². The molecule has 0 aliphatic rings. The van der Waals surface area contributed by atoms with E-state index < -0.39 is 0 Å². The minimum Gasteiger partial charge on any atom is -0.496 e. The Morgan fingerprint density at radius 1 is 1.24 bits per heavy atom. The van der Waals surface area contributed by atoms with E-state index in [1.54, 1.807) is 7.11 Å². The van der Waals surface area contributed by atoms with Crippen LogP contribution in [-0.2, 0) is 6.42 Å². The lowest BCUT2D eigenvalue weighted by atomic mass is 9.97. The third kappa shape index (κ3) is 4.04. The quantitative estimate of drug-likeness (QED) is 0.816. The zero-order chi connectivity index (χ0) is 12.8. The molecule has 96 valence electrons. The van der Waals surface area contributed by atoms with Crippen LogP contribution in [0.2, 0.25) is 0 Å². The van der Waals surface area contributed by atoms with Crippen LogP contribution in [0.5, 0.6) is 5.75 Å². The molecule has 0 aliphatic heterocycles. The molecular weight excluding hydrogens is 210 g/mol. The summed E-state index contributed by atoms with van der Waals surface area (Å²) >= 11 is 0. The van der Waals surface area contributed by atoms with Gasteiger partial charge in [0.15, 0.2) is 0 Å². The third-order valence-corrected chi connectivity index (χ3v) is 3.27. The number of aryl methyl sites for hydroxylation is 1. The topological polar surface area (TPSA) is 21.3 Å². The highest BCUT2D eigenvalue weighted by molar-refractivity contribution is 5.39. The smallest absolute Gasteiger partial charge is 0.122 e. The largest absolute Gasteiger partial charge is 0.496 e. The van der Waals surface area contributed by atoms with Crippen LogP contribution in [0.15, 0.2) is 18.2 Å². The van der Waals surface area contributed by atoms with Gasteiger partial charge >= 0.3 is 0 Å². The number of nitrogens with one attached hydrogen (secondary N) is 1. The van der Waals surface area contributed by atoms with Gasteiger partial charge in [-0.25, -0.2) is 0 Å². The second kappa shape index (κ2) is 6.65. The van der Waals surface area contributed by atoms with Gasteiger partial charge in [0.1, 0.15) is 5.75 Å². The SMILES string of the molecule is CNC(C)CCc1ccc(OC)c(C(C)C)c1. The first-order chi connectivity index (χ1) is 8.08. The van der Waals surface area contributed by atoms with E-state index in [-0.39, 0.29) is 0 Å². The standard InChI is InChI=1S/C15H25NO/c1-11(2)14-10-13(7-6-12(3)16-4)8-9-15(14)17-5/h8-12,16H,6-7H2,1-5H3. The van der Waals surface area contributed by atoms with Crippen LogP contribution in [0.4, 0.5) is 0 Å². The van der Waals surface area contributed by atoms with Crippen LogP contribution in [0.25, 0.3) is 0 Å². The molecule has 1 N–H and O–H groups in total. The Balaban J connectivity index is 2.78. The first kappa shape index (κ1) is 14.0. The van der Waals surface area contributed by atoms with Crippen molar-refractivity contribution in [3.8, 4) is 5.75 Å². The van der Waals surface area contributed by atoms with Crippen molar-refractivity contribution >= 4 is 0 Å². The zero-order valence-corrected chi connectivity index (χ0v) is 11.7. The molecule has 0 aliphatic carbocycles. The number of benzene rings is 1. The fourth-order valence-electron chi connectivity index (χ4n) is 1.92. The van der Waals surface area contributed by atoms with E-state index in [1.807, 2.05) is 7.05 Å². The highest BCUT2D eigenvalue weighted by Crippen LogP contribution is 2.27. The van der Waals surface area contributed by atoms with Crippen molar-refractivity contribution in [3.05, 3.63) is 29.3 Å². The fourth-order valence-corrected chi connectivity index (χ4v) is 1.92. The highest BCUT2D eigenvalue weighted by atomic mass is 16.5. The van der Waals surface area contributed by atoms with E-state index >= 15 is 0 Å². The normalized spacial score (nSPS) is 12.8. The predicted molar refractivity (Wildman–Crippen MR) is 73.9 cm³/mol. The van der Waals surface area contributed by atoms with Crippen LogP contribution >= 0.6 is 0 Å². The Morgan fingerprint density at radius 2 is 1.94 bits per heavy atom. The van der Waals surface area contributed by atoms with Crippen LogP contribution in [0.3, 0.4) is 0 Å². The summed E-state index contributed by atoms with van der Waals surface area (Å²) in [7, 11) is 3.75. The molecule has 0 amide bonds. The highest BCUT2D eigenvalue weighted by Gasteiger charge is 2.08. The van der Waals surface area contributed by atoms with Crippen LogP contribution in [0.1, 0.15) is 44.2 Å². The maximum absolute atomic E-state index is 5.40. The summed E-state index contributed by atoms with van der Waals surface area (Å²) in [6, 6.07) is 7.12. The molecule has 0 bridgehead atoms. The molecule has 0 radical (unpaired) electrons. The van der Waals surface area contributed by atoms with E-state index in [0.717, 1.165) is 12.2 Å². The molecular formula is C15H25NO. The van der Waals surface area contributed by atoms with Gasteiger partial charge in [0, 0.05) is 6.04 Å². The van der Waals surface area contributed by atoms with Gasteiger partial charge in [0.2, 0.25) is 0 Å². The summed E-state index contributed by atoms with van der Waals surface area (Å²) in [5, 5.41) is 3.27. The molecule has 0 saturated carbocycles.